The lowest BCUT2D eigenvalue weighted by Gasteiger charge is -2.40. The zero-order valence-corrected chi connectivity index (χ0v) is 25.6. The second-order valence-corrected chi connectivity index (χ2v) is 14.4. The molecule has 11 nitrogen and oxygen atoms in total. The van der Waals surface area contributed by atoms with Crippen LogP contribution in [0.2, 0.25) is 0 Å². The van der Waals surface area contributed by atoms with E-state index in [0.717, 1.165) is 36.6 Å². The molecule has 2 amide bonds. The van der Waals surface area contributed by atoms with Gasteiger partial charge in [-0.25, -0.2) is 13.2 Å². The number of carbonyl (C=O) groups excluding carboxylic acids is 2. The number of hydrogen-bond donors (Lipinski definition) is 1. The van der Waals surface area contributed by atoms with Gasteiger partial charge < -0.3 is 19.5 Å². The normalized spacial score (nSPS) is 24.1. The van der Waals surface area contributed by atoms with Crippen LogP contribution in [0.5, 0.6) is 0 Å². The number of amides is 2. The average Bonchev–Trinajstić information content (AvgIpc) is 3.19. The number of aromatic nitrogens is 1. The predicted octanol–water partition coefficient (Wildman–Crippen LogP) is 2.11. The molecule has 3 fully saturated rings. The number of rotatable bonds is 9. The number of nitrogens with one attached hydrogen (secondary N) is 1. The molecule has 3 atom stereocenters. The lowest BCUT2D eigenvalue weighted by molar-refractivity contribution is 0.0758. The van der Waals surface area contributed by atoms with E-state index >= 15 is 0 Å². The van der Waals surface area contributed by atoms with Crippen molar-refractivity contribution in [3.63, 3.8) is 0 Å². The molecule has 230 valence electrons. The Morgan fingerprint density at radius 1 is 1.05 bits per heavy atom. The van der Waals surface area contributed by atoms with Gasteiger partial charge in [-0.3, -0.25) is 19.4 Å². The standard InChI is InChI=1S/C30H43N5O6S/c1-21(2)35-27-7-5-4-6-22(27)18-26(29(35)37)28(36)31-23-19-24-8-9-25(20-23)34(24)13-12-33(30(38)41-3)11-10-32-14-16-42(39,40)17-15-32/h4-7,18,21,23-25H,8-17,19-20H2,1-3H3,(H,31,36)/t23-,24-,25+. The van der Waals surface area contributed by atoms with Gasteiger partial charge in [0.25, 0.3) is 11.5 Å². The van der Waals surface area contributed by atoms with Gasteiger partial charge in [-0.05, 0) is 57.0 Å². The summed E-state index contributed by atoms with van der Waals surface area (Å²) in [5.74, 6) is 0.00390. The SMILES string of the molecule is COC(=O)N(CCN1CCS(=O)(=O)CC1)CCN1[C@@H]2CC[C@H]1C[C@H](NC(=O)c1cc3ccccc3n(C(C)C)c1=O)C2. The molecular formula is C30H43N5O6S. The molecule has 1 aromatic heterocycles. The molecule has 5 rings (SSSR count). The van der Waals surface area contributed by atoms with Crippen molar-refractivity contribution in [3.8, 4) is 0 Å². The summed E-state index contributed by atoms with van der Waals surface area (Å²) in [6.45, 7) is 7.20. The van der Waals surface area contributed by atoms with E-state index in [1.807, 2.05) is 38.1 Å². The maximum absolute atomic E-state index is 13.4. The van der Waals surface area contributed by atoms with E-state index in [2.05, 4.69) is 15.1 Å². The first-order chi connectivity index (χ1) is 20.1. The van der Waals surface area contributed by atoms with Crippen molar-refractivity contribution in [1.29, 1.82) is 0 Å². The summed E-state index contributed by atoms with van der Waals surface area (Å²) in [4.78, 5) is 45.5. The van der Waals surface area contributed by atoms with Crippen molar-refractivity contribution < 1.29 is 22.7 Å². The van der Waals surface area contributed by atoms with Crippen LogP contribution in [0.1, 0.15) is 55.9 Å². The Bertz CT molecular complexity index is 1450. The lowest BCUT2D eigenvalue weighted by atomic mass is 9.96. The van der Waals surface area contributed by atoms with E-state index < -0.39 is 9.84 Å². The first-order valence-corrected chi connectivity index (χ1v) is 16.8. The van der Waals surface area contributed by atoms with Crippen LogP contribution in [0, 0.1) is 0 Å². The summed E-state index contributed by atoms with van der Waals surface area (Å²) in [7, 11) is -1.57. The van der Waals surface area contributed by atoms with Crippen LogP contribution in [0.15, 0.2) is 35.1 Å². The summed E-state index contributed by atoms with van der Waals surface area (Å²) in [6.07, 6.45) is 3.29. The van der Waals surface area contributed by atoms with Crippen LogP contribution in [-0.4, -0.2) is 116 Å². The van der Waals surface area contributed by atoms with Gasteiger partial charge >= 0.3 is 6.09 Å². The predicted molar refractivity (Wildman–Crippen MR) is 162 cm³/mol. The fourth-order valence-electron chi connectivity index (χ4n) is 6.88. The highest BCUT2D eigenvalue weighted by molar-refractivity contribution is 7.91. The van der Waals surface area contributed by atoms with Crippen molar-refractivity contribution in [2.45, 2.75) is 63.7 Å². The zero-order chi connectivity index (χ0) is 30.0. The molecule has 1 aromatic carbocycles. The number of methoxy groups -OCH3 is 1. The van der Waals surface area contributed by atoms with E-state index in [-0.39, 0.29) is 46.7 Å². The number of carbonyl (C=O) groups is 2. The summed E-state index contributed by atoms with van der Waals surface area (Å²) in [6, 6.07) is 9.86. The molecule has 0 aliphatic carbocycles. The number of piperidine rings is 1. The van der Waals surface area contributed by atoms with Gasteiger partial charge in [0.2, 0.25) is 0 Å². The van der Waals surface area contributed by atoms with Crippen molar-refractivity contribution >= 4 is 32.7 Å². The van der Waals surface area contributed by atoms with E-state index in [1.54, 1.807) is 15.5 Å². The van der Waals surface area contributed by atoms with Crippen LogP contribution in [0.25, 0.3) is 10.9 Å². The van der Waals surface area contributed by atoms with Crippen molar-refractivity contribution in [3.05, 3.63) is 46.2 Å². The Kier molecular flexibility index (Phi) is 9.24. The topological polar surface area (TPSA) is 121 Å². The second kappa shape index (κ2) is 12.7. The maximum atomic E-state index is 13.4. The number of nitrogens with zero attached hydrogens (tertiary/aromatic N) is 4. The quantitative estimate of drug-likeness (QED) is 0.464. The van der Waals surface area contributed by atoms with Gasteiger partial charge in [0.15, 0.2) is 9.84 Å². The third-order valence-electron chi connectivity index (χ3n) is 9.11. The number of benzene rings is 1. The first kappa shape index (κ1) is 30.5. The van der Waals surface area contributed by atoms with Crippen LogP contribution >= 0.6 is 0 Å². The summed E-state index contributed by atoms with van der Waals surface area (Å²) in [5.41, 5.74) is 0.734. The molecule has 3 aliphatic rings. The molecular weight excluding hydrogens is 558 g/mol. The number of fused-ring (bicyclic) bond motifs is 3. The van der Waals surface area contributed by atoms with Crippen molar-refractivity contribution in [2.75, 3.05) is 57.9 Å². The highest BCUT2D eigenvalue weighted by atomic mass is 32.2. The molecule has 42 heavy (non-hydrogen) atoms. The zero-order valence-electron chi connectivity index (χ0n) is 24.8. The fraction of sp³-hybridized carbons (Fsp3) is 0.633. The second-order valence-electron chi connectivity index (χ2n) is 12.1. The number of para-hydroxylation sites is 1. The molecule has 0 unspecified atom stereocenters. The molecule has 0 saturated carbocycles. The molecule has 4 heterocycles. The Morgan fingerprint density at radius 2 is 1.69 bits per heavy atom. The summed E-state index contributed by atoms with van der Waals surface area (Å²) >= 11 is 0. The number of hydrogen-bond acceptors (Lipinski definition) is 8. The largest absolute Gasteiger partial charge is 0.453 e. The molecule has 2 bridgehead atoms. The molecule has 12 heteroatoms. The Labute approximate surface area is 247 Å². The Morgan fingerprint density at radius 3 is 2.33 bits per heavy atom. The Balaban J connectivity index is 1.18. The third-order valence-corrected chi connectivity index (χ3v) is 10.7. The maximum Gasteiger partial charge on any atom is 0.409 e. The van der Waals surface area contributed by atoms with E-state index in [9.17, 15) is 22.8 Å². The van der Waals surface area contributed by atoms with Gasteiger partial charge in [0.05, 0.1) is 24.1 Å². The fourth-order valence-corrected chi connectivity index (χ4v) is 8.15. The monoisotopic (exact) mass is 601 g/mol. The molecule has 0 spiro atoms. The molecule has 1 N–H and O–H groups in total. The minimum atomic E-state index is -2.95. The van der Waals surface area contributed by atoms with E-state index in [1.165, 1.54) is 7.11 Å². The number of sulfone groups is 1. The van der Waals surface area contributed by atoms with Gasteiger partial charge in [0, 0.05) is 63.4 Å². The van der Waals surface area contributed by atoms with E-state index in [0.29, 0.717) is 51.4 Å². The van der Waals surface area contributed by atoms with Gasteiger partial charge in [-0.1, -0.05) is 18.2 Å². The minimum Gasteiger partial charge on any atom is -0.453 e. The van der Waals surface area contributed by atoms with Crippen LogP contribution in [0.3, 0.4) is 0 Å². The highest BCUT2D eigenvalue weighted by Gasteiger charge is 2.41. The number of ether oxygens (including phenoxy) is 1. The number of pyridine rings is 1. The van der Waals surface area contributed by atoms with Crippen LogP contribution < -0.4 is 10.9 Å². The smallest absolute Gasteiger partial charge is 0.409 e. The van der Waals surface area contributed by atoms with Crippen molar-refractivity contribution in [2.24, 2.45) is 0 Å². The van der Waals surface area contributed by atoms with Gasteiger partial charge in [0.1, 0.15) is 5.56 Å². The Hall–Kier alpha value is -2.96. The van der Waals surface area contributed by atoms with Gasteiger partial charge in [-0.2, -0.15) is 0 Å². The first-order valence-electron chi connectivity index (χ1n) is 15.0. The third kappa shape index (κ3) is 6.65. The van der Waals surface area contributed by atoms with Gasteiger partial charge in [-0.15, -0.1) is 0 Å². The van der Waals surface area contributed by atoms with E-state index in [4.69, 9.17) is 4.74 Å². The van der Waals surface area contributed by atoms with Crippen LogP contribution in [0.4, 0.5) is 4.79 Å². The summed E-state index contributed by atoms with van der Waals surface area (Å²) in [5, 5.41) is 4.04. The minimum absolute atomic E-state index is 0.0169. The van der Waals surface area contributed by atoms with Crippen LogP contribution in [-0.2, 0) is 14.6 Å². The highest BCUT2D eigenvalue weighted by Crippen LogP contribution is 2.35. The average molecular weight is 602 g/mol. The molecule has 3 aliphatic heterocycles. The molecule has 2 aromatic rings. The molecule has 0 radical (unpaired) electrons. The summed E-state index contributed by atoms with van der Waals surface area (Å²) < 4.78 is 30.2. The van der Waals surface area contributed by atoms with Crippen molar-refractivity contribution in [1.82, 2.24) is 24.6 Å². The molecule has 3 saturated heterocycles. The lowest BCUT2D eigenvalue weighted by Crippen LogP contribution is -2.53.